The van der Waals surface area contributed by atoms with E-state index >= 15 is 0 Å². The molecule has 0 spiro atoms. The summed E-state index contributed by atoms with van der Waals surface area (Å²) in [5, 5.41) is 19.1. The monoisotopic (exact) mass is 284 g/mol. The predicted molar refractivity (Wildman–Crippen MR) is 77.6 cm³/mol. The average Bonchev–Trinajstić information content (AvgIpc) is 2.46. The van der Waals surface area contributed by atoms with E-state index in [0.717, 1.165) is 0 Å². The molecule has 0 bridgehead atoms. The molecule has 3 rings (SSSR count). The number of carboxylic acids is 1. The Morgan fingerprint density at radius 2 is 1.71 bits per heavy atom. The maximum Gasteiger partial charge on any atom is 0.335 e. The van der Waals surface area contributed by atoms with E-state index in [1.54, 1.807) is 25.1 Å². The minimum absolute atomic E-state index is 0.0285. The van der Waals surface area contributed by atoms with E-state index in [2.05, 4.69) is 0 Å². The summed E-state index contributed by atoms with van der Waals surface area (Å²) in [6.45, 7) is 1.60. The van der Waals surface area contributed by atoms with Crippen LogP contribution in [0, 0.1) is 0 Å². The summed E-state index contributed by atoms with van der Waals surface area (Å²) >= 11 is 0. The molecule has 0 unspecified atom stereocenters. The number of aliphatic hydroxyl groups excluding tert-OH is 1. The fraction of sp³-hybridized carbons (Fsp3) is 0.125. The van der Waals surface area contributed by atoms with Crippen LogP contribution in [0.4, 0.5) is 0 Å². The normalized spacial score (nSPS) is 12.7. The highest BCUT2D eigenvalue weighted by molar-refractivity contribution is 5.96. The first-order valence-corrected chi connectivity index (χ1v) is 6.39. The quantitative estimate of drug-likeness (QED) is 0.706. The van der Waals surface area contributed by atoms with Crippen LogP contribution in [-0.2, 0) is 0 Å². The number of carboxylic acid groups (broad SMARTS) is 1. The van der Waals surface area contributed by atoms with Gasteiger partial charge in [0.25, 0.3) is 0 Å². The van der Waals surface area contributed by atoms with Gasteiger partial charge in [0.2, 0.25) is 5.43 Å². The molecule has 106 valence electrons. The number of aromatic carboxylic acids is 1. The second-order valence-corrected chi connectivity index (χ2v) is 4.88. The lowest BCUT2D eigenvalue weighted by atomic mass is 10.0. The molecule has 1 aromatic heterocycles. The Hall–Kier alpha value is -2.66. The smallest absolute Gasteiger partial charge is 0.335 e. The van der Waals surface area contributed by atoms with Gasteiger partial charge in [-0.25, -0.2) is 4.79 Å². The van der Waals surface area contributed by atoms with Crippen molar-refractivity contribution in [2.24, 2.45) is 0 Å². The molecule has 21 heavy (non-hydrogen) atoms. The van der Waals surface area contributed by atoms with Gasteiger partial charge < -0.3 is 14.6 Å². The Labute approximate surface area is 119 Å². The molecule has 0 aliphatic carbocycles. The van der Waals surface area contributed by atoms with E-state index in [4.69, 9.17) is 9.52 Å². The van der Waals surface area contributed by atoms with Crippen LogP contribution in [0.1, 0.15) is 28.9 Å². The van der Waals surface area contributed by atoms with Crippen molar-refractivity contribution in [3.05, 3.63) is 57.7 Å². The van der Waals surface area contributed by atoms with E-state index in [9.17, 15) is 14.7 Å². The number of benzene rings is 2. The third kappa shape index (κ3) is 2.17. The van der Waals surface area contributed by atoms with E-state index in [0.29, 0.717) is 22.1 Å². The van der Waals surface area contributed by atoms with Crippen LogP contribution >= 0.6 is 0 Å². The lowest BCUT2D eigenvalue weighted by Crippen LogP contribution is -2.05. The third-order valence-corrected chi connectivity index (χ3v) is 3.42. The summed E-state index contributed by atoms with van der Waals surface area (Å²) in [4.78, 5) is 23.5. The van der Waals surface area contributed by atoms with Gasteiger partial charge in [-0.2, -0.15) is 0 Å². The number of rotatable bonds is 2. The van der Waals surface area contributed by atoms with Gasteiger partial charge in [-0.3, -0.25) is 4.79 Å². The predicted octanol–water partition coefficient (Wildman–Crippen LogP) is 2.70. The number of hydrogen-bond acceptors (Lipinski definition) is 4. The van der Waals surface area contributed by atoms with E-state index in [1.165, 1.54) is 18.2 Å². The van der Waals surface area contributed by atoms with E-state index in [1.807, 2.05) is 0 Å². The molecular formula is C16H12O5. The van der Waals surface area contributed by atoms with Gasteiger partial charge in [-0.15, -0.1) is 0 Å². The maximum atomic E-state index is 12.5. The Balaban J connectivity index is 2.39. The van der Waals surface area contributed by atoms with Crippen molar-refractivity contribution >= 4 is 27.9 Å². The number of hydrogen-bond donors (Lipinski definition) is 2. The summed E-state index contributed by atoms with van der Waals surface area (Å²) in [6, 6.07) is 9.05. The zero-order valence-corrected chi connectivity index (χ0v) is 11.2. The van der Waals surface area contributed by atoms with Gasteiger partial charge in [0.1, 0.15) is 11.2 Å². The average molecular weight is 284 g/mol. The molecule has 0 saturated carbocycles. The summed E-state index contributed by atoms with van der Waals surface area (Å²) in [5.41, 5.74) is 1.06. The van der Waals surface area contributed by atoms with Crippen molar-refractivity contribution in [3.8, 4) is 0 Å². The zero-order valence-electron chi connectivity index (χ0n) is 11.2. The van der Waals surface area contributed by atoms with Gasteiger partial charge in [-0.05, 0) is 42.8 Å². The molecule has 5 heteroatoms. The molecule has 1 heterocycles. The lowest BCUT2D eigenvalue weighted by molar-refractivity contribution is 0.0697. The molecule has 2 N–H and O–H groups in total. The van der Waals surface area contributed by atoms with Gasteiger partial charge in [-0.1, -0.05) is 6.07 Å². The summed E-state index contributed by atoms with van der Waals surface area (Å²) in [5.74, 6) is -1.10. The highest BCUT2D eigenvalue weighted by Gasteiger charge is 2.12. The van der Waals surface area contributed by atoms with Crippen molar-refractivity contribution in [3.63, 3.8) is 0 Å². The fourth-order valence-corrected chi connectivity index (χ4v) is 2.27. The molecule has 0 fully saturated rings. The van der Waals surface area contributed by atoms with Crippen LogP contribution in [0.2, 0.25) is 0 Å². The largest absolute Gasteiger partial charge is 0.478 e. The molecule has 3 aromatic rings. The zero-order chi connectivity index (χ0) is 15.1. The molecule has 0 aliphatic heterocycles. The first-order chi connectivity index (χ1) is 9.97. The van der Waals surface area contributed by atoms with E-state index in [-0.39, 0.29) is 16.4 Å². The van der Waals surface area contributed by atoms with Crippen LogP contribution in [0.3, 0.4) is 0 Å². The molecule has 2 aromatic carbocycles. The maximum absolute atomic E-state index is 12.5. The highest BCUT2D eigenvalue weighted by atomic mass is 16.4. The molecule has 0 radical (unpaired) electrons. The molecule has 0 amide bonds. The van der Waals surface area contributed by atoms with Crippen LogP contribution in [-0.4, -0.2) is 16.2 Å². The van der Waals surface area contributed by atoms with Gasteiger partial charge in [0.15, 0.2) is 0 Å². The summed E-state index contributed by atoms with van der Waals surface area (Å²) in [6.07, 6.45) is -0.699. The molecule has 0 aliphatic rings. The van der Waals surface area contributed by atoms with Crippen molar-refractivity contribution in [2.75, 3.05) is 0 Å². The van der Waals surface area contributed by atoms with Gasteiger partial charge in [0, 0.05) is 0 Å². The number of carbonyl (C=O) groups is 1. The Morgan fingerprint density at radius 3 is 2.33 bits per heavy atom. The molecule has 1 atom stereocenters. The lowest BCUT2D eigenvalue weighted by Gasteiger charge is -2.07. The first-order valence-electron chi connectivity index (χ1n) is 6.39. The van der Waals surface area contributed by atoms with Gasteiger partial charge >= 0.3 is 5.97 Å². The highest BCUT2D eigenvalue weighted by Crippen LogP contribution is 2.22. The van der Waals surface area contributed by atoms with Crippen molar-refractivity contribution < 1.29 is 19.4 Å². The van der Waals surface area contributed by atoms with Crippen molar-refractivity contribution in [2.45, 2.75) is 13.0 Å². The van der Waals surface area contributed by atoms with Crippen molar-refractivity contribution in [1.29, 1.82) is 0 Å². The van der Waals surface area contributed by atoms with Crippen LogP contribution in [0.15, 0.2) is 45.6 Å². The van der Waals surface area contributed by atoms with Crippen LogP contribution in [0.25, 0.3) is 21.9 Å². The summed E-state index contributed by atoms with van der Waals surface area (Å²) in [7, 11) is 0. The number of fused-ring (bicyclic) bond motifs is 2. The standard InChI is InChI=1S/C16H12O5/c1-8(17)9-2-4-13-11(6-9)15(18)12-7-10(16(19)20)3-5-14(12)21-13/h2-8,17H,1H3,(H,19,20)/t8-/m1/s1. The molecular weight excluding hydrogens is 272 g/mol. The minimum atomic E-state index is -1.10. The second kappa shape index (κ2) is 4.71. The first kappa shape index (κ1) is 13.3. The SMILES string of the molecule is C[C@@H](O)c1ccc2oc3ccc(C(=O)O)cc3c(=O)c2c1. The molecule has 0 saturated heterocycles. The molecule has 5 nitrogen and oxygen atoms in total. The van der Waals surface area contributed by atoms with Crippen LogP contribution < -0.4 is 5.43 Å². The van der Waals surface area contributed by atoms with Gasteiger partial charge in [0.05, 0.1) is 22.4 Å². The van der Waals surface area contributed by atoms with E-state index < -0.39 is 12.1 Å². The third-order valence-electron chi connectivity index (χ3n) is 3.42. The second-order valence-electron chi connectivity index (χ2n) is 4.88. The topological polar surface area (TPSA) is 87.7 Å². The Morgan fingerprint density at radius 1 is 1.10 bits per heavy atom. The fourth-order valence-electron chi connectivity index (χ4n) is 2.27. The van der Waals surface area contributed by atoms with Crippen molar-refractivity contribution in [1.82, 2.24) is 0 Å². The Bertz CT molecular complexity index is 921. The van der Waals surface area contributed by atoms with Crippen LogP contribution in [0.5, 0.6) is 0 Å². The number of aliphatic hydroxyl groups is 1. The minimum Gasteiger partial charge on any atom is -0.478 e. The Kier molecular flexibility index (Phi) is 2.99. The summed E-state index contributed by atoms with van der Waals surface area (Å²) < 4.78 is 5.62.